The minimum absolute atomic E-state index is 0.293. The molecule has 0 radical (unpaired) electrons. The lowest BCUT2D eigenvalue weighted by molar-refractivity contribution is 0.107. The molecular formula is C20H19NO3S. The zero-order chi connectivity index (χ0) is 17.4. The molecule has 0 bridgehead atoms. The van der Waals surface area contributed by atoms with Crippen LogP contribution in [0.3, 0.4) is 0 Å². The molecule has 0 saturated carbocycles. The van der Waals surface area contributed by atoms with Crippen LogP contribution in [0.2, 0.25) is 0 Å². The van der Waals surface area contributed by atoms with Gasteiger partial charge in [-0.15, -0.1) is 0 Å². The van der Waals surface area contributed by atoms with Crippen LogP contribution in [0.1, 0.15) is 16.8 Å². The average molecular weight is 353 g/mol. The first-order chi connectivity index (χ1) is 12.1. The molecule has 1 aliphatic rings. The van der Waals surface area contributed by atoms with Crippen molar-refractivity contribution in [2.45, 2.75) is 24.8 Å². The van der Waals surface area contributed by atoms with E-state index in [0.717, 1.165) is 34.4 Å². The Morgan fingerprint density at radius 3 is 2.44 bits per heavy atom. The highest BCUT2D eigenvalue weighted by Crippen LogP contribution is 2.33. The largest absolute Gasteiger partial charge is 0.375 e. The molecule has 0 N–H and O–H groups in total. The maximum Gasteiger partial charge on any atom is 0.267 e. The van der Waals surface area contributed by atoms with Gasteiger partial charge in [0.1, 0.15) is 0 Å². The summed E-state index contributed by atoms with van der Waals surface area (Å²) in [6.45, 7) is 2.87. The maximum atomic E-state index is 13.2. The zero-order valence-corrected chi connectivity index (χ0v) is 14.8. The molecule has 25 heavy (non-hydrogen) atoms. The number of hydrogen-bond donors (Lipinski definition) is 0. The fourth-order valence-electron chi connectivity index (χ4n) is 3.24. The Balaban J connectivity index is 1.91. The van der Waals surface area contributed by atoms with Crippen LogP contribution in [0.15, 0.2) is 65.7 Å². The van der Waals surface area contributed by atoms with Crippen molar-refractivity contribution in [3.63, 3.8) is 0 Å². The van der Waals surface area contributed by atoms with E-state index in [1.165, 1.54) is 3.97 Å². The van der Waals surface area contributed by atoms with Gasteiger partial charge in [-0.25, -0.2) is 12.4 Å². The molecule has 0 amide bonds. The molecule has 0 aliphatic carbocycles. The number of benzene rings is 2. The average Bonchev–Trinajstić information content (AvgIpc) is 3.03. The lowest BCUT2D eigenvalue weighted by Gasteiger charge is -2.17. The van der Waals surface area contributed by atoms with Gasteiger partial charge in [-0.3, -0.25) is 0 Å². The Hall–Kier alpha value is -2.37. The fraction of sp³-hybridized carbons (Fsp3) is 0.200. The summed E-state index contributed by atoms with van der Waals surface area (Å²) in [4.78, 5) is 0.293. The summed E-state index contributed by atoms with van der Waals surface area (Å²) in [6.07, 6.45) is 2.46. The first kappa shape index (κ1) is 16.1. The Morgan fingerprint density at radius 2 is 1.72 bits per heavy atom. The number of aromatic nitrogens is 1. The van der Waals surface area contributed by atoms with Crippen molar-refractivity contribution < 1.29 is 13.2 Å². The van der Waals surface area contributed by atoms with Crippen molar-refractivity contribution in [3.8, 4) is 11.1 Å². The van der Waals surface area contributed by atoms with Crippen molar-refractivity contribution in [3.05, 3.63) is 77.6 Å². The van der Waals surface area contributed by atoms with Crippen molar-refractivity contribution in [1.29, 1.82) is 0 Å². The van der Waals surface area contributed by atoms with E-state index in [1.807, 2.05) is 49.4 Å². The normalized spacial score (nSPS) is 14.3. The van der Waals surface area contributed by atoms with E-state index in [1.54, 1.807) is 18.3 Å². The molecule has 1 aliphatic heterocycles. The quantitative estimate of drug-likeness (QED) is 0.720. The summed E-state index contributed by atoms with van der Waals surface area (Å²) in [5.74, 6) is 0. The third kappa shape index (κ3) is 2.79. The van der Waals surface area contributed by atoms with E-state index in [-0.39, 0.29) is 0 Å². The standard InChI is InChI=1S/C20H19NO3S/c1-15-7-9-17(10-8-15)25(22,23)21-13-19(16-5-3-2-4-6-16)18-11-12-24-14-20(18)21/h2-10,13H,11-12,14H2,1H3. The van der Waals surface area contributed by atoms with Gasteiger partial charge in [-0.1, -0.05) is 48.0 Å². The lowest BCUT2D eigenvalue weighted by Crippen LogP contribution is -2.19. The molecule has 0 spiro atoms. The second-order valence-corrected chi connectivity index (χ2v) is 8.07. The summed E-state index contributed by atoms with van der Waals surface area (Å²) < 4.78 is 33.3. The number of ether oxygens (including phenoxy) is 1. The van der Waals surface area contributed by atoms with Crippen molar-refractivity contribution in [2.75, 3.05) is 6.61 Å². The summed E-state index contributed by atoms with van der Waals surface area (Å²) in [5, 5.41) is 0. The van der Waals surface area contributed by atoms with Gasteiger partial charge in [-0.2, -0.15) is 0 Å². The lowest BCUT2D eigenvalue weighted by atomic mass is 10.00. The SMILES string of the molecule is Cc1ccc(S(=O)(=O)n2cc(-c3ccccc3)c3c2COCC3)cc1. The Bertz CT molecular complexity index is 1000. The summed E-state index contributed by atoms with van der Waals surface area (Å²) in [7, 11) is -3.65. The van der Waals surface area contributed by atoms with Gasteiger partial charge >= 0.3 is 0 Å². The molecule has 0 saturated heterocycles. The molecule has 4 nitrogen and oxygen atoms in total. The third-order valence-electron chi connectivity index (χ3n) is 4.58. The minimum atomic E-state index is -3.65. The fourth-order valence-corrected chi connectivity index (χ4v) is 4.64. The van der Waals surface area contributed by atoms with Crippen molar-refractivity contribution >= 4 is 10.0 Å². The number of hydrogen-bond acceptors (Lipinski definition) is 3. The highest BCUT2D eigenvalue weighted by molar-refractivity contribution is 7.90. The van der Waals surface area contributed by atoms with E-state index in [0.29, 0.717) is 18.1 Å². The van der Waals surface area contributed by atoms with E-state index >= 15 is 0 Å². The molecule has 0 unspecified atom stereocenters. The van der Waals surface area contributed by atoms with Gasteiger partial charge in [0.05, 0.1) is 23.8 Å². The smallest absolute Gasteiger partial charge is 0.267 e. The molecular weight excluding hydrogens is 334 g/mol. The predicted molar refractivity (Wildman–Crippen MR) is 97.0 cm³/mol. The Kier molecular flexibility index (Phi) is 3.98. The van der Waals surface area contributed by atoms with E-state index in [2.05, 4.69) is 0 Å². The molecule has 0 fully saturated rings. The molecule has 2 heterocycles. The van der Waals surface area contributed by atoms with E-state index < -0.39 is 10.0 Å². The van der Waals surface area contributed by atoms with E-state index in [4.69, 9.17) is 4.74 Å². The van der Waals surface area contributed by atoms with Gasteiger partial charge in [-0.05, 0) is 36.6 Å². The Morgan fingerprint density at radius 1 is 1.00 bits per heavy atom. The Labute approximate surface area is 147 Å². The summed E-state index contributed by atoms with van der Waals surface area (Å²) in [6, 6.07) is 16.8. The monoisotopic (exact) mass is 353 g/mol. The maximum absolute atomic E-state index is 13.2. The van der Waals surface area contributed by atoms with Gasteiger partial charge in [0, 0.05) is 11.8 Å². The molecule has 5 heteroatoms. The predicted octanol–water partition coefficient (Wildman–Crippen LogP) is 3.77. The summed E-state index contributed by atoms with van der Waals surface area (Å²) in [5.41, 5.74) is 4.81. The third-order valence-corrected chi connectivity index (χ3v) is 6.30. The molecule has 3 aromatic rings. The first-order valence-corrected chi connectivity index (χ1v) is 9.70. The van der Waals surface area contributed by atoms with E-state index in [9.17, 15) is 8.42 Å². The van der Waals surface area contributed by atoms with Gasteiger partial charge < -0.3 is 4.74 Å². The molecule has 1 aromatic heterocycles. The van der Waals surface area contributed by atoms with Crippen LogP contribution >= 0.6 is 0 Å². The number of aryl methyl sites for hydroxylation is 1. The second-order valence-electron chi connectivity index (χ2n) is 6.25. The van der Waals surface area contributed by atoms with Gasteiger partial charge in [0.2, 0.25) is 0 Å². The van der Waals surface area contributed by atoms with Crippen LogP contribution in [-0.2, 0) is 27.8 Å². The topological polar surface area (TPSA) is 48.3 Å². The number of nitrogens with zero attached hydrogens (tertiary/aromatic N) is 1. The summed E-state index contributed by atoms with van der Waals surface area (Å²) >= 11 is 0. The van der Waals surface area contributed by atoms with Gasteiger partial charge in [0.25, 0.3) is 10.0 Å². The second kappa shape index (κ2) is 6.17. The van der Waals surface area contributed by atoms with Crippen LogP contribution in [-0.4, -0.2) is 19.0 Å². The molecule has 0 atom stereocenters. The molecule has 4 rings (SSSR count). The number of rotatable bonds is 3. The zero-order valence-electron chi connectivity index (χ0n) is 14.0. The van der Waals surface area contributed by atoms with Gasteiger partial charge in [0.15, 0.2) is 0 Å². The van der Waals surface area contributed by atoms with Crippen LogP contribution in [0, 0.1) is 6.92 Å². The van der Waals surface area contributed by atoms with Crippen molar-refractivity contribution in [2.24, 2.45) is 0 Å². The van der Waals surface area contributed by atoms with Crippen molar-refractivity contribution in [1.82, 2.24) is 3.97 Å². The van der Waals surface area contributed by atoms with Crippen LogP contribution in [0.5, 0.6) is 0 Å². The van der Waals surface area contributed by atoms with Crippen LogP contribution in [0.25, 0.3) is 11.1 Å². The molecule has 2 aromatic carbocycles. The highest BCUT2D eigenvalue weighted by Gasteiger charge is 2.27. The first-order valence-electron chi connectivity index (χ1n) is 8.26. The number of fused-ring (bicyclic) bond motifs is 1. The van der Waals surface area contributed by atoms with Crippen LogP contribution < -0.4 is 0 Å². The minimum Gasteiger partial charge on any atom is -0.375 e. The van der Waals surface area contributed by atoms with Crippen LogP contribution in [0.4, 0.5) is 0 Å². The molecule has 128 valence electrons. The highest BCUT2D eigenvalue weighted by atomic mass is 32.2.